The standard InChI is InChI=1S/C64H41N3O2/c1-5-20-42(21-6-1)44-24-17-26-46(40-44)61-65-62(47-27-18-25-45(41-47)43-22-7-2-8-23-43)67-63(66-61)52-33-14-13-32-50(52)51-35-19-37-56-59(51)69-60-57(68-56)39-38-55-58(60)53-34-15-16-36-54(53)64(55,48-28-9-3-10-29-48)49-30-11-4-12-31-49/h1-41H. The maximum Gasteiger partial charge on any atom is 0.178 e. The van der Waals surface area contributed by atoms with Crippen molar-refractivity contribution in [1.29, 1.82) is 0 Å². The highest BCUT2D eigenvalue weighted by atomic mass is 16.6. The van der Waals surface area contributed by atoms with Crippen LogP contribution in [0.1, 0.15) is 22.3 Å². The number of hydrogen-bond acceptors (Lipinski definition) is 5. The molecule has 0 saturated carbocycles. The Balaban J connectivity index is 0.975. The number of para-hydroxylation sites is 1. The van der Waals surface area contributed by atoms with E-state index < -0.39 is 5.41 Å². The van der Waals surface area contributed by atoms with Gasteiger partial charge in [0.1, 0.15) is 0 Å². The Morgan fingerprint density at radius 2 is 0.725 bits per heavy atom. The Labute approximate surface area is 400 Å². The van der Waals surface area contributed by atoms with E-state index in [1.807, 2.05) is 36.4 Å². The predicted octanol–water partition coefficient (Wildman–Crippen LogP) is 16.1. The lowest BCUT2D eigenvalue weighted by Gasteiger charge is -2.34. The molecule has 0 spiro atoms. The normalized spacial score (nSPS) is 12.7. The van der Waals surface area contributed by atoms with Gasteiger partial charge in [-0.15, -0.1) is 0 Å². The smallest absolute Gasteiger partial charge is 0.178 e. The molecule has 0 unspecified atom stereocenters. The highest BCUT2D eigenvalue weighted by molar-refractivity contribution is 5.93. The van der Waals surface area contributed by atoms with Crippen LogP contribution in [0.4, 0.5) is 0 Å². The molecule has 0 saturated heterocycles. The summed E-state index contributed by atoms with van der Waals surface area (Å²) in [5.74, 6) is 4.30. The van der Waals surface area contributed by atoms with Crippen molar-refractivity contribution in [3.63, 3.8) is 0 Å². The van der Waals surface area contributed by atoms with Gasteiger partial charge in [0.05, 0.1) is 5.41 Å². The SMILES string of the molecule is c1ccc(-c2cccc(-c3nc(-c4cccc(-c5ccccc5)c4)nc(-c4ccccc4-c4cccc5c4Oc4c(ccc6c4-c4ccccc4C6(c4ccccc4)c4ccccc4)O5)n3)c2)cc1. The molecule has 0 N–H and O–H groups in total. The van der Waals surface area contributed by atoms with Gasteiger partial charge in [-0.25, -0.2) is 15.0 Å². The van der Waals surface area contributed by atoms with Crippen LogP contribution < -0.4 is 9.47 Å². The van der Waals surface area contributed by atoms with Gasteiger partial charge < -0.3 is 9.47 Å². The van der Waals surface area contributed by atoms with Crippen LogP contribution in [0.3, 0.4) is 0 Å². The molecule has 0 bridgehead atoms. The third kappa shape index (κ3) is 6.74. The summed E-state index contributed by atoms with van der Waals surface area (Å²) in [6.45, 7) is 0. The second-order valence-electron chi connectivity index (χ2n) is 17.4. The summed E-state index contributed by atoms with van der Waals surface area (Å²) in [6, 6.07) is 86.6. The molecule has 0 amide bonds. The quantitative estimate of drug-likeness (QED) is 0.152. The Morgan fingerprint density at radius 3 is 1.33 bits per heavy atom. The maximum atomic E-state index is 7.34. The molecule has 0 atom stereocenters. The first-order valence-electron chi connectivity index (χ1n) is 23.3. The Hall–Kier alpha value is -9.19. The molecule has 1 aliphatic heterocycles. The van der Waals surface area contributed by atoms with Gasteiger partial charge in [-0.3, -0.25) is 0 Å². The van der Waals surface area contributed by atoms with Crippen LogP contribution in [0.25, 0.3) is 78.7 Å². The molecule has 69 heavy (non-hydrogen) atoms. The lowest BCUT2D eigenvalue weighted by molar-refractivity contribution is 0.361. The van der Waals surface area contributed by atoms with Crippen molar-refractivity contribution in [1.82, 2.24) is 15.0 Å². The first-order chi connectivity index (χ1) is 34.2. The van der Waals surface area contributed by atoms with Crippen molar-refractivity contribution < 1.29 is 9.47 Å². The molecule has 5 heteroatoms. The maximum absolute atomic E-state index is 7.34. The summed E-state index contributed by atoms with van der Waals surface area (Å²) in [5.41, 5.74) is 15.0. The highest BCUT2D eigenvalue weighted by Gasteiger charge is 2.48. The van der Waals surface area contributed by atoms with Crippen LogP contribution >= 0.6 is 0 Å². The van der Waals surface area contributed by atoms with Crippen LogP contribution in [0, 0.1) is 0 Å². The number of ether oxygens (including phenoxy) is 2. The molecule has 11 aromatic rings. The predicted molar refractivity (Wildman–Crippen MR) is 276 cm³/mol. The minimum atomic E-state index is -0.589. The van der Waals surface area contributed by atoms with Gasteiger partial charge in [0.2, 0.25) is 0 Å². The fraction of sp³-hybridized carbons (Fsp3) is 0.0156. The second kappa shape index (κ2) is 16.6. The molecule has 10 aromatic carbocycles. The Bertz CT molecular complexity index is 3580. The molecular formula is C64H41N3O2. The fourth-order valence-corrected chi connectivity index (χ4v) is 10.4. The van der Waals surface area contributed by atoms with Crippen LogP contribution in [0.5, 0.6) is 23.0 Å². The number of rotatable bonds is 8. The largest absolute Gasteiger partial charge is 0.449 e. The molecule has 5 nitrogen and oxygen atoms in total. The lowest BCUT2D eigenvalue weighted by Crippen LogP contribution is -2.28. The number of aromatic nitrogens is 3. The molecule has 13 rings (SSSR count). The zero-order valence-electron chi connectivity index (χ0n) is 37.3. The van der Waals surface area contributed by atoms with E-state index in [4.69, 9.17) is 24.4 Å². The number of benzene rings is 10. The van der Waals surface area contributed by atoms with E-state index in [0.717, 1.165) is 66.8 Å². The molecule has 1 aliphatic carbocycles. The van der Waals surface area contributed by atoms with Crippen molar-refractivity contribution in [3.05, 3.63) is 271 Å². The van der Waals surface area contributed by atoms with Gasteiger partial charge >= 0.3 is 0 Å². The van der Waals surface area contributed by atoms with Crippen LogP contribution in [-0.4, -0.2) is 15.0 Å². The van der Waals surface area contributed by atoms with E-state index >= 15 is 0 Å². The summed E-state index contributed by atoms with van der Waals surface area (Å²) in [7, 11) is 0. The number of hydrogen-bond donors (Lipinski definition) is 0. The number of fused-ring (bicyclic) bond motifs is 6. The van der Waals surface area contributed by atoms with E-state index in [9.17, 15) is 0 Å². The fourth-order valence-electron chi connectivity index (χ4n) is 10.4. The van der Waals surface area contributed by atoms with Gasteiger partial charge in [0.15, 0.2) is 40.5 Å². The van der Waals surface area contributed by atoms with E-state index in [1.54, 1.807) is 0 Å². The van der Waals surface area contributed by atoms with Crippen molar-refractivity contribution >= 4 is 0 Å². The highest BCUT2D eigenvalue weighted by Crippen LogP contribution is 2.63. The molecule has 0 fully saturated rings. The van der Waals surface area contributed by atoms with Gasteiger partial charge in [-0.05, 0) is 79.9 Å². The first-order valence-corrected chi connectivity index (χ1v) is 23.3. The Morgan fingerprint density at radius 1 is 0.275 bits per heavy atom. The summed E-state index contributed by atoms with van der Waals surface area (Å²) in [4.78, 5) is 15.8. The minimum Gasteiger partial charge on any atom is -0.449 e. The molecular weight excluding hydrogens is 843 g/mol. The van der Waals surface area contributed by atoms with Gasteiger partial charge in [0.25, 0.3) is 0 Å². The van der Waals surface area contributed by atoms with Crippen LogP contribution in [0.2, 0.25) is 0 Å². The van der Waals surface area contributed by atoms with Gasteiger partial charge in [-0.1, -0.05) is 224 Å². The average Bonchev–Trinajstić information content (AvgIpc) is 3.75. The van der Waals surface area contributed by atoms with Crippen LogP contribution in [0.15, 0.2) is 249 Å². The van der Waals surface area contributed by atoms with Crippen molar-refractivity contribution in [2.75, 3.05) is 0 Å². The molecule has 2 aliphatic rings. The lowest BCUT2D eigenvalue weighted by atomic mass is 9.68. The minimum absolute atomic E-state index is 0.542. The van der Waals surface area contributed by atoms with E-state index in [-0.39, 0.29) is 0 Å². The molecule has 2 heterocycles. The average molecular weight is 884 g/mol. The van der Waals surface area contributed by atoms with Gasteiger partial charge in [-0.2, -0.15) is 0 Å². The van der Waals surface area contributed by atoms with Crippen molar-refractivity contribution in [2.45, 2.75) is 5.41 Å². The van der Waals surface area contributed by atoms with E-state index in [2.05, 4.69) is 212 Å². The van der Waals surface area contributed by atoms with Crippen molar-refractivity contribution in [2.24, 2.45) is 0 Å². The number of nitrogens with zero attached hydrogens (tertiary/aromatic N) is 3. The monoisotopic (exact) mass is 883 g/mol. The zero-order valence-corrected chi connectivity index (χ0v) is 37.3. The summed E-state index contributed by atoms with van der Waals surface area (Å²) >= 11 is 0. The summed E-state index contributed by atoms with van der Waals surface area (Å²) in [6.07, 6.45) is 0. The third-order valence-corrected chi connectivity index (χ3v) is 13.5. The van der Waals surface area contributed by atoms with Crippen LogP contribution in [-0.2, 0) is 5.41 Å². The second-order valence-corrected chi connectivity index (χ2v) is 17.4. The summed E-state index contributed by atoms with van der Waals surface area (Å²) in [5, 5.41) is 0. The molecule has 0 radical (unpaired) electrons. The van der Waals surface area contributed by atoms with E-state index in [1.165, 1.54) is 16.7 Å². The van der Waals surface area contributed by atoms with Crippen molar-refractivity contribution in [3.8, 4) is 102 Å². The topological polar surface area (TPSA) is 57.1 Å². The third-order valence-electron chi connectivity index (χ3n) is 13.5. The van der Waals surface area contributed by atoms with Gasteiger partial charge in [0, 0.05) is 27.8 Å². The van der Waals surface area contributed by atoms with E-state index in [0.29, 0.717) is 40.5 Å². The molecule has 1 aromatic heterocycles. The zero-order chi connectivity index (χ0) is 45.7. The molecule has 324 valence electrons. The Kier molecular flexibility index (Phi) is 9.65. The summed E-state index contributed by atoms with van der Waals surface area (Å²) < 4.78 is 14.2. The first kappa shape index (κ1) is 40.1.